The Morgan fingerprint density at radius 3 is 2.32 bits per heavy atom. The Balaban J connectivity index is 2.75. The van der Waals surface area contributed by atoms with E-state index in [1.54, 1.807) is 32.9 Å². The average Bonchev–Trinajstić information content (AvgIpc) is 2.36. The molecule has 1 unspecified atom stereocenters. The summed E-state index contributed by atoms with van der Waals surface area (Å²) in [6.07, 6.45) is 0.0655. The summed E-state index contributed by atoms with van der Waals surface area (Å²) in [4.78, 5) is 22.9. The third-order valence-corrected chi connectivity index (χ3v) is 3.02. The number of benzene rings is 1. The number of hydrogen-bond acceptors (Lipinski definition) is 3. The molecule has 0 aromatic heterocycles. The van der Waals surface area contributed by atoms with E-state index >= 15 is 0 Å². The largest absolute Gasteiger partial charge is 0.444 e. The Labute approximate surface area is 136 Å². The molecule has 122 valence electrons. The lowest BCUT2D eigenvalue weighted by molar-refractivity contribution is -0.118. The zero-order valence-corrected chi connectivity index (χ0v) is 14.2. The molecule has 0 fully saturated rings. The number of carbonyl (C=O) groups is 2. The number of nitrogens with one attached hydrogen (secondary N) is 2. The molecule has 1 aromatic carbocycles. The van der Waals surface area contributed by atoms with E-state index in [2.05, 4.69) is 10.6 Å². The predicted octanol–water partition coefficient (Wildman–Crippen LogP) is 3.43. The molecular formula is C16H23ClN2O3. The first-order chi connectivity index (χ1) is 10.2. The quantitative estimate of drug-likeness (QED) is 0.871. The van der Waals surface area contributed by atoms with Gasteiger partial charge >= 0.3 is 6.09 Å². The third kappa shape index (κ3) is 7.31. The van der Waals surface area contributed by atoms with Crippen molar-refractivity contribution >= 4 is 23.6 Å². The van der Waals surface area contributed by atoms with E-state index in [4.69, 9.17) is 16.3 Å². The van der Waals surface area contributed by atoms with Crippen molar-refractivity contribution in [2.75, 3.05) is 6.54 Å². The van der Waals surface area contributed by atoms with Crippen LogP contribution in [0.3, 0.4) is 0 Å². The van der Waals surface area contributed by atoms with Gasteiger partial charge in [-0.15, -0.1) is 0 Å². The SMILES string of the molecule is CC(=O)NCCC(NC(=O)OC(C)(C)C)c1ccc(Cl)cc1. The van der Waals surface area contributed by atoms with Crippen LogP contribution in [0, 0.1) is 0 Å². The Hall–Kier alpha value is -1.75. The average molecular weight is 327 g/mol. The van der Waals surface area contributed by atoms with Crippen LogP contribution in [0.25, 0.3) is 0 Å². The van der Waals surface area contributed by atoms with Gasteiger partial charge in [-0.1, -0.05) is 23.7 Å². The lowest BCUT2D eigenvalue weighted by Gasteiger charge is -2.24. The molecule has 0 aliphatic heterocycles. The summed E-state index contributed by atoms with van der Waals surface area (Å²) >= 11 is 5.89. The zero-order valence-electron chi connectivity index (χ0n) is 13.4. The van der Waals surface area contributed by atoms with Gasteiger partial charge in [0.05, 0.1) is 6.04 Å². The summed E-state index contributed by atoms with van der Waals surface area (Å²) in [5.74, 6) is -0.105. The summed E-state index contributed by atoms with van der Waals surface area (Å²) < 4.78 is 5.28. The molecule has 1 rings (SSSR count). The number of rotatable bonds is 5. The zero-order chi connectivity index (χ0) is 16.8. The highest BCUT2D eigenvalue weighted by atomic mass is 35.5. The molecule has 0 spiro atoms. The Bertz CT molecular complexity index is 509. The number of halogens is 1. The van der Waals surface area contributed by atoms with Gasteiger partial charge in [0.1, 0.15) is 5.60 Å². The van der Waals surface area contributed by atoms with Gasteiger partial charge in [0.15, 0.2) is 0 Å². The molecule has 6 heteroatoms. The summed E-state index contributed by atoms with van der Waals surface area (Å²) in [5, 5.41) is 6.18. The maximum Gasteiger partial charge on any atom is 0.408 e. The Morgan fingerprint density at radius 2 is 1.82 bits per heavy atom. The van der Waals surface area contributed by atoms with Crippen LogP contribution in [0.4, 0.5) is 4.79 Å². The molecule has 0 aliphatic carbocycles. The number of ether oxygens (including phenoxy) is 1. The highest BCUT2D eigenvalue weighted by Crippen LogP contribution is 2.20. The predicted molar refractivity (Wildman–Crippen MR) is 86.9 cm³/mol. The second-order valence-electron chi connectivity index (χ2n) is 6.02. The topological polar surface area (TPSA) is 67.4 Å². The van der Waals surface area contributed by atoms with Gasteiger partial charge in [0.2, 0.25) is 5.91 Å². The van der Waals surface area contributed by atoms with E-state index in [0.717, 1.165) is 5.56 Å². The summed E-state index contributed by atoms with van der Waals surface area (Å²) in [6, 6.07) is 6.95. The lowest BCUT2D eigenvalue weighted by atomic mass is 10.0. The first-order valence-corrected chi connectivity index (χ1v) is 7.54. The van der Waals surface area contributed by atoms with Gasteiger partial charge in [-0.2, -0.15) is 0 Å². The van der Waals surface area contributed by atoms with Gasteiger partial charge in [0.25, 0.3) is 0 Å². The van der Waals surface area contributed by atoms with Crippen LogP contribution in [-0.4, -0.2) is 24.1 Å². The second kappa shape index (κ2) is 8.03. The maximum atomic E-state index is 12.0. The van der Waals surface area contributed by atoms with E-state index < -0.39 is 11.7 Å². The van der Waals surface area contributed by atoms with Crippen LogP contribution in [0.1, 0.15) is 45.7 Å². The van der Waals surface area contributed by atoms with Crippen LogP contribution < -0.4 is 10.6 Å². The van der Waals surface area contributed by atoms with Crippen LogP contribution in [0.5, 0.6) is 0 Å². The van der Waals surface area contributed by atoms with Crippen molar-refractivity contribution in [1.82, 2.24) is 10.6 Å². The van der Waals surface area contributed by atoms with Gasteiger partial charge in [-0.05, 0) is 44.9 Å². The summed E-state index contributed by atoms with van der Waals surface area (Å²) in [7, 11) is 0. The van der Waals surface area contributed by atoms with Gasteiger partial charge < -0.3 is 15.4 Å². The van der Waals surface area contributed by atoms with Gasteiger partial charge in [-0.25, -0.2) is 4.79 Å². The number of carbonyl (C=O) groups excluding carboxylic acids is 2. The molecule has 0 bridgehead atoms. The van der Waals surface area contributed by atoms with Crippen molar-refractivity contribution in [2.24, 2.45) is 0 Å². The minimum Gasteiger partial charge on any atom is -0.444 e. The summed E-state index contributed by atoms with van der Waals surface area (Å²) in [6.45, 7) is 7.33. The number of amides is 2. The molecule has 22 heavy (non-hydrogen) atoms. The Kier molecular flexibility index (Phi) is 6.68. The van der Waals surface area contributed by atoms with Crippen LogP contribution in [-0.2, 0) is 9.53 Å². The fraction of sp³-hybridized carbons (Fsp3) is 0.500. The van der Waals surface area contributed by atoms with Crippen molar-refractivity contribution in [3.63, 3.8) is 0 Å². The summed E-state index contributed by atoms with van der Waals surface area (Å²) in [5.41, 5.74) is 0.340. The molecule has 1 aromatic rings. The first-order valence-electron chi connectivity index (χ1n) is 7.17. The number of alkyl carbamates (subject to hydrolysis) is 1. The first kappa shape index (κ1) is 18.3. The molecule has 0 aliphatic rings. The Morgan fingerprint density at radius 1 is 1.23 bits per heavy atom. The van der Waals surface area contributed by atoms with E-state index in [-0.39, 0.29) is 11.9 Å². The third-order valence-electron chi connectivity index (χ3n) is 2.77. The van der Waals surface area contributed by atoms with E-state index in [9.17, 15) is 9.59 Å². The highest BCUT2D eigenvalue weighted by Gasteiger charge is 2.20. The smallest absolute Gasteiger partial charge is 0.408 e. The molecule has 2 amide bonds. The van der Waals surface area contributed by atoms with Crippen molar-refractivity contribution in [3.05, 3.63) is 34.9 Å². The van der Waals surface area contributed by atoms with Gasteiger partial charge in [0, 0.05) is 18.5 Å². The molecule has 0 heterocycles. The van der Waals surface area contributed by atoms with Crippen LogP contribution in [0.15, 0.2) is 24.3 Å². The molecule has 1 atom stereocenters. The standard InChI is InChI=1S/C16H23ClN2O3/c1-11(20)18-10-9-14(12-5-7-13(17)8-6-12)19-15(21)22-16(2,3)4/h5-8,14H,9-10H2,1-4H3,(H,18,20)(H,19,21). The fourth-order valence-corrected chi connectivity index (χ4v) is 1.99. The monoisotopic (exact) mass is 326 g/mol. The van der Waals surface area contributed by atoms with E-state index in [1.807, 2.05) is 12.1 Å². The fourth-order valence-electron chi connectivity index (χ4n) is 1.86. The number of hydrogen-bond donors (Lipinski definition) is 2. The lowest BCUT2D eigenvalue weighted by Crippen LogP contribution is -2.36. The van der Waals surface area contributed by atoms with Crippen molar-refractivity contribution in [2.45, 2.75) is 45.8 Å². The second-order valence-corrected chi connectivity index (χ2v) is 6.46. The highest BCUT2D eigenvalue weighted by molar-refractivity contribution is 6.30. The molecular weight excluding hydrogens is 304 g/mol. The van der Waals surface area contributed by atoms with Crippen molar-refractivity contribution < 1.29 is 14.3 Å². The van der Waals surface area contributed by atoms with Crippen molar-refractivity contribution in [3.8, 4) is 0 Å². The maximum absolute atomic E-state index is 12.0. The molecule has 0 saturated heterocycles. The van der Waals surface area contributed by atoms with Crippen molar-refractivity contribution in [1.29, 1.82) is 0 Å². The minimum atomic E-state index is -0.563. The van der Waals surface area contributed by atoms with E-state index in [0.29, 0.717) is 18.0 Å². The molecule has 0 radical (unpaired) electrons. The molecule has 0 saturated carbocycles. The molecule has 2 N–H and O–H groups in total. The van der Waals surface area contributed by atoms with E-state index in [1.165, 1.54) is 6.92 Å². The van der Waals surface area contributed by atoms with Crippen LogP contribution in [0.2, 0.25) is 5.02 Å². The minimum absolute atomic E-state index is 0.105. The van der Waals surface area contributed by atoms with Crippen LogP contribution >= 0.6 is 11.6 Å². The normalized spacial score (nSPS) is 12.4. The van der Waals surface area contributed by atoms with Gasteiger partial charge in [-0.3, -0.25) is 4.79 Å². The molecule has 5 nitrogen and oxygen atoms in total.